The van der Waals surface area contributed by atoms with Gasteiger partial charge in [-0.25, -0.2) is 8.42 Å². The Kier molecular flexibility index (Phi) is 5.60. The maximum Gasteiger partial charge on any atom is 0.258 e. The molecule has 196 valence electrons. The van der Waals surface area contributed by atoms with Crippen molar-refractivity contribution in [3.05, 3.63) is 101 Å². The van der Waals surface area contributed by atoms with Crippen molar-refractivity contribution in [2.75, 3.05) is 11.2 Å². The highest BCUT2D eigenvalue weighted by molar-refractivity contribution is 7.90. The van der Waals surface area contributed by atoms with Crippen molar-refractivity contribution in [2.45, 2.75) is 18.8 Å². The highest BCUT2D eigenvalue weighted by Gasteiger charge is 2.30. The molecule has 0 radical (unpaired) electrons. The van der Waals surface area contributed by atoms with Crippen molar-refractivity contribution in [1.82, 2.24) is 4.98 Å². The number of rotatable bonds is 5. The lowest BCUT2D eigenvalue weighted by Gasteiger charge is -2.21. The summed E-state index contributed by atoms with van der Waals surface area (Å²) in [5, 5.41) is 0.392. The maximum atomic E-state index is 13.2. The van der Waals surface area contributed by atoms with Crippen LogP contribution in [0.15, 0.2) is 72.8 Å². The molecule has 0 saturated heterocycles. The zero-order valence-corrected chi connectivity index (χ0v) is 22.2. The molecule has 2 heterocycles. The second-order valence-corrected chi connectivity index (χ2v) is 12.1. The minimum atomic E-state index is -3.51. The lowest BCUT2D eigenvalue weighted by Crippen LogP contribution is -2.24. The summed E-state index contributed by atoms with van der Waals surface area (Å²) in [6.45, 7) is 2.47. The number of fused-ring (bicyclic) bond motifs is 4. The van der Waals surface area contributed by atoms with Crippen LogP contribution in [0.1, 0.15) is 42.8 Å². The van der Waals surface area contributed by atoms with Crippen LogP contribution in [-0.4, -0.2) is 31.5 Å². The van der Waals surface area contributed by atoms with Crippen LogP contribution in [-0.2, 0) is 16.4 Å². The fourth-order valence-electron chi connectivity index (χ4n) is 5.54. The number of nitrogens with two attached hydrogens (primary N) is 2. The zero-order chi connectivity index (χ0) is 27.6. The summed E-state index contributed by atoms with van der Waals surface area (Å²) in [6.07, 6.45) is 1.09. The van der Waals surface area contributed by atoms with Gasteiger partial charge >= 0.3 is 0 Å². The van der Waals surface area contributed by atoms with Crippen molar-refractivity contribution in [3.8, 4) is 11.1 Å². The molecule has 0 spiro atoms. The first-order valence-corrected chi connectivity index (χ1v) is 14.3. The molecule has 1 unspecified atom stereocenters. The SMILES string of the molecule is Cc1c(-c2ccc(C(N)=O)c3[nH]c4cc(C(N)S(C)(=O)=O)ccc4c23)cccc1N1Cc2ccccc2C1=O. The molecule has 1 aromatic heterocycles. The summed E-state index contributed by atoms with van der Waals surface area (Å²) in [4.78, 5) is 30.6. The zero-order valence-electron chi connectivity index (χ0n) is 21.4. The number of nitrogens with one attached hydrogen (secondary N) is 1. The van der Waals surface area contributed by atoms with Crippen LogP contribution in [0.25, 0.3) is 32.9 Å². The number of hydrogen-bond donors (Lipinski definition) is 3. The highest BCUT2D eigenvalue weighted by Crippen LogP contribution is 2.41. The standard InChI is InChI=1S/C30H26N4O4S/c1-16-19(8-5-9-25(16)34-15-18-6-3-4-7-20(18)30(34)36)21-12-13-23(28(31)35)27-26(21)22-11-10-17(14-24(22)33-27)29(32)39(2,37)38/h3-14,29,33H,15,32H2,1-2H3,(H2,31,35). The number of nitrogens with zero attached hydrogens (tertiary/aromatic N) is 1. The largest absolute Gasteiger partial charge is 0.366 e. The van der Waals surface area contributed by atoms with E-state index in [4.69, 9.17) is 11.5 Å². The van der Waals surface area contributed by atoms with Crippen LogP contribution < -0.4 is 16.4 Å². The van der Waals surface area contributed by atoms with E-state index in [0.29, 0.717) is 34.3 Å². The second-order valence-electron chi connectivity index (χ2n) is 9.95. The summed E-state index contributed by atoms with van der Waals surface area (Å²) in [5.74, 6) is -0.626. The molecular formula is C30H26N4O4S. The molecule has 1 aliphatic rings. The molecule has 9 heteroatoms. The van der Waals surface area contributed by atoms with E-state index >= 15 is 0 Å². The van der Waals surface area contributed by atoms with Crippen molar-refractivity contribution >= 4 is 49.1 Å². The predicted octanol–water partition coefficient (Wildman–Crippen LogP) is 4.56. The molecular weight excluding hydrogens is 512 g/mol. The van der Waals surface area contributed by atoms with Crippen LogP contribution in [0.2, 0.25) is 0 Å². The third-order valence-corrected chi connectivity index (χ3v) is 8.74. The molecule has 0 saturated carbocycles. The van der Waals surface area contributed by atoms with Gasteiger partial charge in [0, 0.05) is 33.8 Å². The Morgan fingerprint density at radius 2 is 1.72 bits per heavy atom. The minimum absolute atomic E-state index is 0.0399. The van der Waals surface area contributed by atoms with E-state index in [0.717, 1.165) is 45.0 Å². The van der Waals surface area contributed by atoms with Crippen molar-refractivity contribution in [3.63, 3.8) is 0 Å². The summed E-state index contributed by atoms with van der Waals surface area (Å²) in [5.41, 5.74) is 18.8. The van der Waals surface area contributed by atoms with Gasteiger partial charge in [0.25, 0.3) is 11.8 Å². The van der Waals surface area contributed by atoms with Gasteiger partial charge in [0.1, 0.15) is 5.37 Å². The predicted molar refractivity (Wildman–Crippen MR) is 153 cm³/mol. The van der Waals surface area contributed by atoms with E-state index in [-0.39, 0.29) is 5.91 Å². The lowest BCUT2D eigenvalue weighted by molar-refractivity contribution is 0.0990. The van der Waals surface area contributed by atoms with Crippen LogP contribution in [0, 0.1) is 6.92 Å². The fraction of sp³-hybridized carbons (Fsp3) is 0.133. The third-order valence-electron chi connectivity index (χ3n) is 7.54. The Morgan fingerprint density at radius 1 is 0.974 bits per heavy atom. The molecule has 1 aliphatic heterocycles. The Labute approximate surface area is 225 Å². The molecule has 6 rings (SSSR count). The Bertz CT molecular complexity index is 1960. The van der Waals surface area contributed by atoms with Gasteiger partial charge in [0.2, 0.25) is 0 Å². The molecule has 0 bridgehead atoms. The average molecular weight is 539 g/mol. The van der Waals surface area contributed by atoms with Crippen molar-refractivity contribution < 1.29 is 18.0 Å². The highest BCUT2D eigenvalue weighted by atomic mass is 32.2. The smallest absolute Gasteiger partial charge is 0.258 e. The number of H-pyrrole nitrogens is 1. The number of hydrogen-bond acceptors (Lipinski definition) is 5. The summed E-state index contributed by atoms with van der Waals surface area (Å²) in [7, 11) is -3.51. The van der Waals surface area contributed by atoms with Gasteiger partial charge in [-0.05, 0) is 59.0 Å². The average Bonchev–Trinajstić information content (AvgIpc) is 3.45. The third kappa shape index (κ3) is 3.89. The van der Waals surface area contributed by atoms with E-state index < -0.39 is 21.1 Å². The van der Waals surface area contributed by atoms with Gasteiger partial charge in [-0.1, -0.05) is 48.5 Å². The van der Waals surface area contributed by atoms with Crippen LogP contribution in [0.3, 0.4) is 0 Å². The van der Waals surface area contributed by atoms with Crippen LogP contribution in [0.5, 0.6) is 0 Å². The first-order chi connectivity index (χ1) is 18.6. The summed E-state index contributed by atoms with van der Waals surface area (Å²) in [6, 6.07) is 22.2. The van der Waals surface area contributed by atoms with E-state index in [1.165, 1.54) is 0 Å². The number of carbonyl (C=O) groups is 2. The first-order valence-electron chi connectivity index (χ1n) is 12.4. The molecule has 39 heavy (non-hydrogen) atoms. The number of aromatic nitrogens is 1. The molecule has 0 fully saturated rings. The van der Waals surface area contributed by atoms with Gasteiger partial charge in [-0.3, -0.25) is 9.59 Å². The maximum absolute atomic E-state index is 13.2. The van der Waals surface area contributed by atoms with E-state index in [2.05, 4.69) is 4.98 Å². The Hall–Kier alpha value is -4.47. The number of amides is 2. The second kappa shape index (κ2) is 8.79. The molecule has 1 atom stereocenters. The summed E-state index contributed by atoms with van der Waals surface area (Å²) >= 11 is 0. The molecule has 8 nitrogen and oxygen atoms in total. The topological polar surface area (TPSA) is 139 Å². The molecule has 2 amide bonds. The number of primary amides is 1. The molecule has 5 aromatic rings. The van der Waals surface area contributed by atoms with Gasteiger partial charge in [-0.2, -0.15) is 0 Å². The molecule has 0 aliphatic carbocycles. The number of carbonyl (C=O) groups excluding carboxylic acids is 2. The van der Waals surface area contributed by atoms with E-state index in [9.17, 15) is 18.0 Å². The van der Waals surface area contributed by atoms with Gasteiger partial charge in [-0.15, -0.1) is 0 Å². The normalized spacial score (nSPS) is 14.2. The first kappa shape index (κ1) is 24.8. The number of anilines is 1. The quantitative estimate of drug-likeness (QED) is 0.301. The molecule has 5 N–H and O–H groups in total. The molecule has 4 aromatic carbocycles. The van der Waals surface area contributed by atoms with Crippen molar-refractivity contribution in [1.29, 1.82) is 0 Å². The Balaban J connectivity index is 1.56. The van der Waals surface area contributed by atoms with Gasteiger partial charge in [0.05, 0.1) is 17.6 Å². The minimum Gasteiger partial charge on any atom is -0.366 e. The van der Waals surface area contributed by atoms with E-state index in [1.807, 2.05) is 61.5 Å². The number of benzene rings is 4. The number of sulfone groups is 1. The van der Waals surface area contributed by atoms with Crippen LogP contribution in [0.4, 0.5) is 5.69 Å². The van der Waals surface area contributed by atoms with Gasteiger partial charge < -0.3 is 21.4 Å². The Morgan fingerprint density at radius 3 is 2.44 bits per heavy atom. The monoisotopic (exact) mass is 538 g/mol. The summed E-state index contributed by atoms with van der Waals surface area (Å²) < 4.78 is 24.1. The van der Waals surface area contributed by atoms with Gasteiger partial charge in [0.15, 0.2) is 9.84 Å². The van der Waals surface area contributed by atoms with Crippen LogP contribution >= 0.6 is 0 Å². The fourth-order valence-corrected chi connectivity index (χ4v) is 6.18. The van der Waals surface area contributed by atoms with E-state index in [1.54, 1.807) is 23.1 Å². The number of aromatic amines is 1. The van der Waals surface area contributed by atoms with Crippen molar-refractivity contribution in [2.24, 2.45) is 11.5 Å². The lowest BCUT2D eigenvalue weighted by atomic mass is 9.93.